The van der Waals surface area contributed by atoms with Gasteiger partial charge in [0.25, 0.3) is 0 Å². The lowest BCUT2D eigenvalue weighted by Crippen LogP contribution is -2.45. The normalized spacial score (nSPS) is 27.2. The van der Waals surface area contributed by atoms with Crippen LogP contribution in [0.1, 0.15) is 32.1 Å². The molecule has 1 aliphatic carbocycles. The van der Waals surface area contributed by atoms with E-state index in [0.29, 0.717) is 19.0 Å². The van der Waals surface area contributed by atoms with Crippen molar-refractivity contribution in [1.82, 2.24) is 10.2 Å². The SMILES string of the molecule is O=C(O)CCC1C(=O)NCCCN1C1CC1. The number of nitrogens with zero attached hydrogens (tertiary/aromatic N) is 1. The van der Waals surface area contributed by atoms with Crippen molar-refractivity contribution in [1.29, 1.82) is 0 Å². The Kier molecular flexibility index (Phi) is 3.43. The second-order valence-corrected chi connectivity index (χ2v) is 4.56. The van der Waals surface area contributed by atoms with Gasteiger partial charge in [-0.05, 0) is 25.7 Å². The highest BCUT2D eigenvalue weighted by atomic mass is 16.4. The number of carbonyl (C=O) groups excluding carboxylic acids is 1. The van der Waals surface area contributed by atoms with Crippen molar-refractivity contribution >= 4 is 11.9 Å². The summed E-state index contributed by atoms with van der Waals surface area (Å²) in [6.45, 7) is 1.62. The molecule has 5 heteroatoms. The Hall–Kier alpha value is -1.10. The largest absolute Gasteiger partial charge is 0.481 e. The number of carboxylic acids is 1. The predicted octanol–water partition coefficient (Wildman–Crippen LogP) is 0.204. The highest BCUT2D eigenvalue weighted by molar-refractivity contribution is 5.82. The van der Waals surface area contributed by atoms with E-state index in [4.69, 9.17) is 5.11 Å². The number of aliphatic carboxylic acids is 1. The van der Waals surface area contributed by atoms with Crippen LogP contribution in [0, 0.1) is 0 Å². The highest BCUT2D eigenvalue weighted by Gasteiger charge is 2.37. The van der Waals surface area contributed by atoms with Crippen molar-refractivity contribution < 1.29 is 14.7 Å². The van der Waals surface area contributed by atoms with E-state index in [2.05, 4.69) is 10.2 Å². The molecule has 0 bridgehead atoms. The first kappa shape index (κ1) is 11.4. The number of rotatable bonds is 4. The van der Waals surface area contributed by atoms with E-state index in [1.54, 1.807) is 0 Å². The first-order valence-electron chi connectivity index (χ1n) is 5.94. The number of carboxylic acid groups (broad SMARTS) is 1. The van der Waals surface area contributed by atoms with Crippen LogP contribution in [0.2, 0.25) is 0 Å². The summed E-state index contributed by atoms with van der Waals surface area (Å²) in [7, 11) is 0. The molecule has 2 aliphatic rings. The molecule has 1 amide bonds. The molecule has 0 spiro atoms. The zero-order chi connectivity index (χ0) is 11.5. The fourth-order valence-corrected chi connectivity index (χ4v) is 2.30. The van der Waals surface area contributed by atoms with Gasteiger partial charge in [0.15, 0.2) is 0 Å². The summed E-state index contributed by atoms with van der Waals surface area (Å²) in [5, 5.41) is 11.5. The molecule has 1 heterocycles. The predicted molar refractivity (Wildman–Crippen MR) is 58.0 cm³/mol. The Morgan fingerprint density at radius 3 is 2.88 bits per heavy atom. The minimum atomic E-state index is -0.826. The molecule has 16 heavy (non-hydrogen) atoms. The molecule has 1 unspecified atom stereocenters. The lowest BCUT2D eigenvalue weighted by atomic mass is 10.1. The Bertz CT molecular complexity index is 289. The lowest BCUT2D eigenvalue weighted by Gasteiger charge is -2.27. The maximum absolute atomic E-state index is 11.8. The molecule has 1 atom stereocenters. The van der Waals surface area contributed by atoms with Crippen LogP contribution in [-0.4, -0.2) is 47.1 Å². The minimum absolute atomic E-state index is 0.00523. The molecule has 1 saturated carbocycles. The Morgan fingerprint density at radius 1 is 1.50 bits per heavy atom. The number of nitrogens with one attached hydrogen (secondary N) is 1. The summed E-state index contributed by atoms with van der Waals surface area (Å²) in [6, 6.07) is 0.286. The van der Waals surface area contributed by atoms with E-state index in [-0.39, 0.29) is 18.4 Å². The second kappa shape index (κ2) is 4.82. The quantitative estimate of drug-likeness (QED) is 0.718. The molecule has 2 rings (SSSR count). The molecule has 2 N–H and O–H groups in total. The van der Waals surface area contributed by atoms with Crippen molar-refractivity contribution in [2.24, 2.45) is 0 Å². The summed E-state index contributed by atoms with van der Waals surface area (Å²) in [4.78, 5) is 24.6. The van der Waals surface area contributed by atoms with E-state index in [1.807, 2.05) is 0 Å². The molecule has 0 aromatic carbocycles. The lowest BCUT2D eigenvalue weighted by molar-refractivity contribution is -0.137. The van der Waals surface area contributed by atoms with E-state index >= 15 is 0 Å². The summed E-state index contributed by atoms with van der Waals surface area (Å²) < 4.78 is 0. The van der Waals surface area contributed by atoms with Gasteiger partial charge in [-0.15, -0.1) is 0 Å². The standard InChI is InChI=1S/C11H18N2O3/c14-10(15)5-4-9-11(16)12-6-1-7-13(9)8-2-3-8/h8-9H,1-7H2,(H,12,16)(H,14,15). The van der Waals surface area contributed by atoms with Crippen LogP contribution < -0.4 is 5.32 Å². The fraction of sp³-hybridized carbons (Fsp3) is 0.818. The van der Waals surface area contributed by atoms with Crippen LogP contribution >= 0.6 is 0 Å². The van der Waals surface area contributed by atoms with Crippen molar-refractivity contribution in [3.8, 4) is 0 Å². The van der Waals surface area contributed by atoms with Gasteiger partial charge in [0.2, 0.25) is 5.91 Å². The molecular formula is C11H18N2O3. The Labute approximate surface area is 94.8 Å². The van der Waals surface area contributed by atoms with Crippen LogP contribution in [0.4, 0.5) is 0 Å². The van der Waals surface area contributed by atoms with E-state index in [1.165, 1.54) is 0 Å². The van der Waals surface area contributed by atoms with Crippen LogP contribution in [0.3, 0.4) is 0 Å². The molecule has 90 valence electrons. The molecule has 0 aromatic rings. The first-order chi connectivity index (χ1) is 7.68. The average Bonchev–Trinajstić information content (AvgIpc) is 3.02. The monoisotopic (exact) mass is 226 g/mol. The zero-order valence-electron chi connectivity index (χ0n) is 9.32. The van der Waals surface area contributed by atoms with Gasteiger partial charge in [-0.25, -0.2) is 0 Å². The molecule has 1 aliphatic heterocycles. The summed E-state index contributed by atoms with van der Waals surface area (Å²) >= 11 is 0. The van der Waals surface area contributed by atoms with Crippen LogP contribution in [0.15, 0.2) is 0 Å². The number of hydrogen-bond acceptors (Lipinski definition) is 3. The van der Waals surface area contributed by atoms with E-state index in [0.717, 1.165) is 25.8 Å². The topological polar surface area (TPSA) is 69.6 Å². The average molecular weight is 226 g/mol. The third-order valence-electron chi connectivity index (χ3n) is 3.24. The van der Waals surface area contributed by atoms with Crippen LogP contribution in [-0.2, 0) is 9.59 Å². The van der Waals surface area contributed by atoms with E-state index in [9.17, 15) is 9.59 Å². The van der Waals surface area contributed by atoms with Gasteiger partial charge >= 0.3 is 5.97 Å². The maximum Gasteiger partial charge on any atom is 0.303 e. The smallest absolute Gasteiger partial charge is 0.303 e. The van der Waals surface area contributed by atoms with Crippen molar-refractivity contribution in [2.45, 2.75) is 44.2 Å². The van der Waals surface area contributed by atoms with Gasteiger partial charge in [-0.2, -0.15) is 0 Å². The molecule has 1 saturated heterocycles. The molecule has 5 nitrogen and oxygen atoms in total. The number of amides is 1. The van der Waals surface area contributed by atoms with Crippen LogP contribution in [0.5, 0.6) is 0 Å². The Balaban J connectivity index is 2.00. The summed E-state index contributed by atoms with van der Waals surface area (Å²) in [5.74, 6) is -0.821. The van der Waals surface area contributed by atoms with Gasteiger partial charge in [0.05, 0.1) is 6.04 Å². The van der Waals surface area contributed by atoms with Crippen molar-refractivity contribution in [3.63, 3.8) is 0 Å². The van der Waals surface area contributed by atoms with Gasteiger partial charge in [-0.1, -0.05) is 0 Å². The summed E-state index contributed by atoms with van der Waals surface area (Å²) in [5.41, 5.74) is 0. The Morgan fingerprint density at radius 2 is 2.25 bits per heavy atom. The van der Waals surface area contributed by atoms with Crippen molar-refractivity contribution in [2.75, 3.05) is 13.1 Å². The van der Waals surface area contributed by atoms with E-state index < -0.39 is 5.97 Å². The minimum Gasteiger partial charge on any atom is -0.481 e. The highest BCUT2D eigenvalue weighted by Crippen LogP contribution is 2.30. The molecule has 2 fully saturated rings. The maximum atomic E-state index is 11.8. The molecule has 0 aromatic heterocycles. The first-order valence-corrected chi connectivity index (χ1v) is 5.94. The fourth-order valence-electron chi connectivity index (χ4n) is 2.30. The number of hydrogen-bond donors (Lipinski definition) is 2. The second-order valence-electron chi connectivity index (χ2n) is 4.56. The van der Waals surface area contributed by atoms with Gasteiger partial charge in [0.1, 0.15) is 0 Å². The third-order valence-corrected chi connectivity index (χ3v) is 3.24. The van der Waals surface area contributed by atoms with Gasteiger partial charge < -0.3 is 10.4 Å². The van der Waals surface area contributed by atoms with Crippen LogP contribution in [0.25, 0.3) is 0 Å². The molecular weight excluding hydrogens is 208 g/mol. The van der Waals surface area contributed by atoms with Gasteiger partial charge in [0, 0.05) is 25.6 Å². The number of carbonyl (C=O) groups is 2. The summed E-state index contributed by atoms with van der Waals surface area (Å²) in [6.07, 6.45) is 3.76. The molecule has 0 radical (unpaired) electrons. The van der Waals surface area contributed by atoms with Gasteiger partial charge in [-0.3, -0.25) is 14.5 Å². The third kappa shape index (κ3) is 2.72. The van der Waals surface area contributed by atoms with Crippen molar-refractivity contribution in [3.05, 3.63) is 0 Å². The zero-order valence-corrected chi connectivity index (χ0v) is 9.32.